The smallest absolute Gasteiger partial charge is 0.323 e. The third kappa shape index (κ3) is 3.69. The number of aryl methyl sites for hydroxylation is 1. The molecule has 1 heterocycles. The van der Waals surface area contributed by atoms with Crippen molar-refractivity contribution < 1.29 is 14.4 Å². The summed E-state index contributed by atoms with van der Waals surface area (Å²) in [5.41, 5.74) is 0.692. The van der Waals surface area contributed by atoms with Gasteiger partial charge in [0, 0.05) is 17.6 Å². The molecule has 7 heteroatoms. The largest absolute Gasteiger partial charge is 0.480 e. The molecule has 0 spiro atoms. The molecule has 1 aromatic heterocycles. The van der Waals surface area contributed by atoms with Crippen molar-refractivity contribution in [3.63, 3.8) is 0 Å². The molecule has 2 aromatic rings. The van der Waals surface area contributed by atoms with Crippen LogP contribution in [0.1, 0.15) is 11.7 Å². The SMILES string of the molecule is Cc1nc(CN(CC(=O)O)c2cccc(Cl)c2)no1. The van der Waals surface area contributed by atoms with Gasteiger partial charge in [0.2, 0.25) is 5.89 Å². The van der Waals surface area contributed by atoms with E-state index in [1.54, 1.807) is 36.1 Å². The van der Waals surface area contributed by atoms with Crippen LogP contribution in [0.3, 0.4) is 0 Å². The number of carboxylic acids is 1. The topological polar surface area (TPSA) is 79.5 Å². The maximum atomic E-state index is 10.9. The van der Waals surface area contributed by atoms with Gasteiger partial charge in [-0.25, -0.2) is 0 Å². The summed E-state index contributed by atoms with van der Waals surface area (Å²) < 4.78 is 4.87. The third-order valence-electron chi connectivity index (χ3n) is 2.40. The molecular formula is C12H12ClN3O3. The Morgan fingerprint density at radius 3 is 2.89 bits per heavy atom. The molecule has 6 nitrogen and oxygen atoms in total. The lowest BCUT2D eigenvalue weighted by molar-refractivity contribution is -0.135. The van der Waals surface area contributed by atoms with Crippen molar-refractivity contribution in [1.82, 2.24) is 10.1 Å². The molecule has 0 aliphatic rings. The number of nitrogens with zero attached hydrogens (tertiary/aromatic N) is 3. The zero-order chi connectivity index (χ0) is 13.8. The third-order valence-corrected chi connectivity index (χ3v) is 2.64. The van der Waals surface area contributed by atoms with Gasteiger partial charge in [0.1, 0.15) is 6.54 Å². The molecule has 0 unspecified atom stereocenters. The Labute approximate surface area is 114 Å². The van der Waals surface area contributed by atoms with Crippen LogP contribution in [0.25, 0.3) is 0 Å². The van der Waals surface area contributed by atoms with Crippen LogP contribution in [0, 0.1) is 6.92 Å². The molecule has 0 bridgehead atoms. The molecule has 0 atom stereocenters. The Bertz CT molecular complexity index is 585. The summed E-state index contributed by atoms with van der Waals surface area (Å²) in [5.74, 6) is -0.0738. The summed E-state index contributed by atoms with van der Waals surface area (Å²) in [6.07, 6.45) is 0. The molecule has 0 saturated carbocycles. The van der Waals surface area contributed by atoms with Crippen molar-refractivity contribution in [2.24, 2.45) is 0 Å². The maximum absolute atomic E-state index is 10.9. The second-order valence-electron chi connectivity index (χ2n) is 3.96. The summed E-state index contributed by atoms with van der Waals surface area (Å²) in [6.45, 7) is 1.75. The van der Waals surface area contributed by atoms with E-state index < -0.39 is 5.97 Å². The highest BCUT2D eigenvalue weighted by molar-refractivity contribution is 6.30. The fourth-order valence-corrected chi connectivity index (χ4v) is 1.84. The van der Waals surface area contributed by atoms with Gasteiger partial charge in [-0.15, -0.1) is 0 Å². The fourth-order valence-electron chi connectivity index (χ4n) is 1.65. The van der Waals surface area contributed by atoms with E-state index in [0.29, 0.717) is 22.4 Å². The van der Waals surface area contributed by atoms with E-state index >= 15 is 0 Å². The van der Waals surface area contributed by atoms with Crippen molar-refractivity contribution in [2.75, 3.05) is 11.4 Å². The van der Waals surface area contributed by atoms with E-state index in [-0.39, 0.29) is 13.1 Å². The van der Waals surface area contributed by atoms with Gasteiger partial charge < -0.3 is 14.5 Å². The molecule has 1 aromatic carbocycles. The fraction of sp³-hybridized carbons (Fsp3) is 0.250. The minimum atomic E-state index is -0.944. The number of aromatic nitrogens is 2. The highest BCUT2D eigenvalue weighted by Gasteiger charge is 2.14. The number of carboxylic acid groups (broad SMARTS) is 1. The Balaban J connectivity index is 2.22. The summed E-state index contributed by atoms with van der Waals surface area (Å²) in [4.78, 5) is 16.6. The molecule has 1 N–H and O–H groups in total. The van der Waals surface area contributed by atoms with E-state index in [9.17, 15) is 4.79 Å². The minimum Gasteiger partial charge on any atom is -0.480 e. The first kappa shape index (κ1) is 13.4. The average Bonchev–Trinajstić information content (AvgIpc) is 2.73. The molecule has 0 saturated heterocycles. The lowest BCUT2D eigenvalue weighted by Gasteiger charge is -2.21. The van der Waals surface area contributed by atoms with Crippen molar-refractivity contribution in [3.8, 4) is 0 Å². The van der Waals surface area contributed by atoms with E-state index in [4.69, 9.17) is 21.2 Å². The molecule has 0 radical (unpaired) electrons. The highest BCUT2D eigenvalue weighted by atomic mass is 35.5. The van der Waals surface area contributed by atoms with Crippen molar-refractivity contribution in [3.05, 3.63) is 41.0 Å². The number of benzene rings is 1. The van der Waals surface area contributed by atoms with Crippen LogP contribution in [0.15, 0.2) is 28.8 Å². The van der Waals surface area contributed by atoms with Crippen LogP contribution in [-0.2, 0) is 11.3 Å². The van der Waals surface area contributed by atoms with Crippen LogP contribution < -0.4 is 4.90 Å². The molecule has 0 aliphatic heterocycles. The number of hydrogen-bond donors (Lipinski definition) is 1. The van der Waals surface area contributed by atoms with Gasteiger partial charge >= 0.3 is 5.97 Å². The number of carbonyl (C=O) groups is 1. The Morgan fingerprint density at radius 2 is 2.32 bits per heavy atom. The van der Waals surface area contributed by atoms with Crippen molar-refractivity contribution in [2.45, 2.75) is 13.5 Å². The molecule has 0 amide bonds. The van der Waals surface area contributed by atoms with Crippen LogP contribution in [-0.4, -0.2) is 27.8 Å². The zero-order valence-corrected chi connectivity index (χ0v) is 11.0. The maximum Gasteiger partial charge on any atom is 0.323 e. The van der Waals surface area contributed by atoms with Gasteiger partial charge in [-0.05, 0) is 18.2 Å². The standard InChI is InChI=1S/C12H12ClN3O3/c1-8-14-11(15-19-8)6-16(7-12(17)18)10-4-2-3-9(13)5-10/h2-5H,6-7H2,1H3,(H,17,18). The number of rotatable bonds is 5. The van der Waals surface area contributed by atoms with Crippen LogP contribution in [0.4, 0.5) is 5.69 Å². The first-order valence-corrected chi connectivity index (χ1v) is 5.94. The van der Waals surface area contributed by atoms with Gasteiger partial charge in [0.05, 0.1) is 6.54 Å². The molecule has 19 heavy (non-hydrogen) atoms. The summed E-state index contributed by atoms with van der Waals surface area (Å²) in [6, 6.07) is 6.95. The highest BCUT2D eigenvalue weighted by Crippen LogP contribution is 2.20. The van der Waals surface area contributed by atoms with Crippen LogP contribution >= 0.6 is 11.6 Å². The number of halogens is 1. The number of hydrogen-bond acceptors (Lipinski definition) is 5. The minimum absolute atomic E-state index is 0.173. The number of aliphatic carboxylic acids is 1. The Hall–Kier alpha value is -2.08. The predicted molar refractivity (Wildman–Crippen MR) is 69.2 cm³/mol. The van der Waals surface area contributed by atoms with Gasteiger partial charge in [0.15, 0.2) is 5.82 Å². The summed E-state index contributed by atoms with van der Waals surface area (Å²) >= 11 is 5.91. The van der Waals surface area contributed by atoms with E-state index in [1.165, 1.54) is 0 Å². The lowest BCUT2D eigenvalue weighted by atomic mass is 10.3. The molecular weight excluding hydrogens is 270 g/mol. The van der Waals surface area contributed by atoms with Gasteiger partial charge in [-0.2, -0.15) is 4.98 Å². The van der Waals surface area contributed by atoms with Crippen LogP contribution in [0.2, 0.25) is 5.02 Å². The zero-order valence-electron chi connectivity index (χ0n) is 10.2. The normalized spacial score (nSPS) is 10.4. The predicted octanol–water partition coefficient (Wildman–Crippen LogP) is 2.12. The van der Waals surface area contributed by atoms with E-state index in [0.717, 1.165) is 0 Å². The van der Waals surface area contributed by atoms with E-state index in [1.807, 2.05) is 0 Å². The first-order chi connectivity index (χ1) is 9.04. The second-order valence-corrected chi connectivity index (χ2v) is 4.40. The van der Waals surface area contributed by atoms with Gasteiger partial charge in [-0.3, -0.25) is 4.79 Å². The lowest BCUT2D eigenvalue weighted by Crippen LogP contribution is -2.29. The van der Waals surface area contributed by atoms with Crippen molar-refractivity contribution >= 4 is 23.3 Å². The Kier molecular flexibility index (Phi) is 4.01. The van der Waals surface area contributed by atoms with Crippen LogP contribution in [0.5, 0.6) is 0 Å². The monoisotopic (exact) mass is 281 g/mol. The van der Waals surface area contributed by atoms with Crippen molar-refractivity contribution in [1.29, 1.82) is 0 Å². The van der Waals surface area contributed by atoms with Gasteiger partial charge in [0.25, 0.3) is 0 Å². The molecule has 0 aliphatic carbocycles. The molecule has 100 valence electrons. The quantitative estimate of drug-likeness (QED) is 0.904. The Morgan fingerprint density at radius 1 is 1.53 bits per heavy atom. The number of anilines is 1. The first-order valence-electron chi connectivity index (χ1n) is 5.56. The molecule has 2 rings (SSSR count). The average molecular weight is 282 g/mol. The summed E-state index contributed by atoms with van der Waals surface area (Å²) in [5, 5.41) is 13.3. The van der Waals surface area contributed by atoms with E-state index in [2.05, 4.69) is 10.1 Å². The molecule has 0 fully saturated rings. The summed E-state index contributed by atoms with van der Waals surface area (Å²) in [7, 11) is 0. The van der Waals surface area contributed by atoms with Gasteiger partial charge in [-0.1, -0.05) is 22.8 Å². The second kappa shape index (κ2) is 5.71.